The zero-order valence-electron chi connectivity index (χ0n) is 10.3. The molecule has 0 atom stereocenters. The number of hydrogen-bond acceptors (Lipinski definition) is 3. The van der Waals surface area contributed by atoms with Crippen molar-refractivity contribution in [3.05, 3.63) is 0 Å². The molecule has 1 saturated heterocycles. The van der Waals surface area contributed by atoms with E-state index in [0.717, 1.165) is 32.4 Å². The van der Waals surface area contributed by atoms with E-state index in [-0.39, 0.29) is 11.0 Å². The molecule has 2 aliphatic heterocycles. The highest BCUT2D eigenvalue weighted by atomic mass is 16.7. The Hall–Kier alpha value is -0.570. The number of nitrogens with zero attached hydrogens (tertiary/aromatic N) is 2. The van der Waals surface area contributed by atoms with Crippen molar-refractivity contribution in [2.45, 2.75) is 45.6 Å². The van der Waals surface area contributed by atoms with Crippen LogP contribution in [0, 0.1) is 5.41 Å². The van der Waals surface area contributed by atoms with Crippen molar-refractivity contribution in [2.75, 3.05) is 20.1 Å². The molecule has 0 saturated carbocycles. The van der Waals surface area contributed by atoms with Crippen LogP contribution < -0.4 is 0 Å². The van der Waals surface area contributed by atoms with E-state index in [1.54, 1.807) is 0 Å². The molecule has 0 unspecified atom stereocenters. The van der Waals surface area contributed by atoms with Crippen LogP contribution >= 0.6 is 0 Å². The van der Waals surface area contributed by atoms with Gasteiger partial charge >= 0.3 is 0 Å². The standard InChI is InChI=1S/C12H22N2O/c1-11(2,3)10-9-12(15-13-10)5-7-14(4)8-6-12/h5-9H2,1-4H3. The SMILES string of the molecule is CN1CCC2(CC1)CC(C(C)(C)C)=NO2. The molecule has 2 heterocycles. The number of oxime groups is 1. The summed E-state index contributed by atoms with van der Waals surface area (Å²) in [6.07, 6.45) is 3.27. The highest BCUT2D eigenvalue weighted by Gasteiger charge is 2.43. The summed E-state index contributed by atoms with van der Waals surface area (Å²) in [5.41, 5.74) is 1.43. The second kappa shape index (κ2) is 3.48. The predicted molar refractivity (Wildman–Crippen MR) is 62.1 cm³/mol. The second-order valence-electron chi connectivity index (χ2n) is 6.04. The molecule has 15 heavy (non-hydrogen) atoms. The first-order valence-corrected chi connectivity index (χ1v) is 5.85. The summed E-state index contributed by atoms with van der Waals surface area (Å²) in [5, 5.41) is 4.31. The molecule has 0 aromatic rings. The lowest BCUT2D eigenvalue weighted by atomic mass is 9.79. The van der Waals surface area contributed by atoms with E-state index in [1.165, 1.54) is 5.71 Å². The van der Waals surface area contributed by atoms with Crippen LogP contribution in [-0.2, 0) is 4.84 Å². The van der Waals surface area contributed by atoms with Crippen molar-refractivity contribution in [1.29, 1.82) is 0 Å². The maximum atomic E-state index is 5.73. The Balaban J connectivity index is 2.00. The molecule has 0 amide bonds. The minimum Gasteiger partial charge on any atom is -0.389 e. The molecule has 86 valence electrons. The van der Waals surface area contributed by atoms with Gasteiger partial charge in [-0.15, -0.1) is 0 Å². The van der Waals surface area contributed by atoms with Crippen LogP contribution in [0.5, 0.6) is 0 Å². The maximum absolute atomic E-state index is 5.73. The molecule has 0 N–H and O–H groups in total. The Kier molecular flexibility index (Phi) is 2.53. The lowest BCUT2D eigenvalue weighted by Gasteiger charge is -2.35. The Bertz CT molecular complexity index is 270. The molecule has 0 aliphatic carbocycles. The van der Waals surface area contributed by atoms with Crippen molar-refractivity contribution in [2.24, 2.45) is 10.6 Å². The van der Waals surface area contributed by atoms with Gasteiger partial charge in [0, 0.05) is 37.8 Å². The molecule has 1 fully saturated rings. The molecule has 0 aromatic carbocycles. The van der Waals surface area contributed by atoms with Gasteiger partial charge in [-0.2, -0.15) is 0 Å². The average molecular weight is 210 g/mol. The molecule has 3 nitrogen and oxygen atoms in total. The van der Waals surface area contributed by atoms with Gasteiger partial charge in [0.1, 0.15) is 5.60 Å². The van der Waals surface area contributed by atoms with Crippen molar-refractivity contribution in [3.8, 4) is 0 Å². The normalized spacial score (nSPS) is 26.5. The summed E-state index contributed by atoms with van der Waals surface area (Å²) in [4.78, 5) is 8.09. The lowest BCUT2D eigenvalue weighted by Crippen LogP contribution is -2.43. The van der Waals surface area contributed by atoms with E-state index in [1.807, 2.05) is 0 Å². The third-order valence-corrected chi connectivity index (χ3v) is 3.60. The van der Waals surface area contributed by atoms with Gasteiger partial charge in [-0.25, -0.2) is 0 Å². The van der Waals surface area contributed by atoms with Crippen molar-refractivity contribution in [3.63, 3.8) is 0 Å². The van der Waals surface area contributed by atoms with E-state index in [2.05, 4.69) is 37.9 Å². The number of piperidine rings is 1. The molecule has 0 bridgehead atoms. The first-order valence-electron chi connectivity index (χ1n) is 5.85. The van der Waals surface area contributed by atoms with Crippen LogP contribution in [0.1, 0.15) is 40.0 Å². The summed E-state index contributed by atoms with van der Waals surface area (Å²) in [7, 11) is 2.17. The van der Waals surface area contributed by atoms with Crippen molar-refractivity contribution in [1.82, 2.24) is 4.90 Å². The topological polar surface area (TPSA) is 24.8 Å². The van der Waals surface area contributed by atoms with Crippen molar-refractivity contribution < 1.29 is 4.84 Å². The zero-order chi connectivity index (χ0) is 11.1. The lowest BCUT2D eigenvalue weighted by molar-refractivity contribution is -0.0578. The van der Waals surface area contributed by atoms with Gasteiger partial charge < -0.3 is 9.74 Å². The fourth-order valence-electron chi connectivity index (χ4n) is 2.22. The Morgan fingerprint density at radius 2 is 1.87 bits per heavy atom. The summed E-state index contributed by atoms with van der Waals surface area (Å²) in [6, 6.07) is 0. The molecule has 3 heteroatoms. The fourth-order valence-corrected chi connectivity index (χ4v) is 2.22. The molecule has 2 rings (SSSR count). The van der Waals surface area contributed by atoms with Crippen LogP contribution in [0.15, 0.2) is 5.16 Å². The Labute approximate surface area is 92.5 Å². The van der Waals surface area contributed by atoms with E-state index in [0.29, 0.717) is 0 Å². The first kappa shape index (κ1) is 10.9. The third-order valence-electron chi connectivity index (χ3n) is 3.60. The van der Waals surface area contributed by atoms with Crippen molar-refractivity contribution >= 4 is 5.71 Å². The predicted octanol–water partition coefficient (Wildman–Crippen LogP) is 2.27. The first-order chi connectivity index (χ1) is 6.91. The number of hydrogen-bond donors (Lipinski definition) is 0. The molecule has 0 aromatic heterocycles. The highest BCUT2D eigenvalue weighted by molar-refractivity contribution is 5.90. The summed E-state index contributed by atoms with van der Waals surface area (Å²) < 4.78 is 0. The van der Waals surface area contributed by atoms with Crippen LogP contribution in [-0.4, -0.2) is 36.3 Å². The van der Waals surface area contributed by atoms with E-state index in [9.17, 15) is 0 Å². The van der Waals surface area contributed by atoms with E-state index >= 15 is 0 Å². The van der Waals surface area contributed by atoms with E-state index < -0.39 is 0 Å². The monoisotopic (exact) mass is 210 g/mol. The quantitative estimate of drug-likeness (QED) is 0.612. The zero-order valence-corrected chi connectivity index (χ0v) is 10.3. The van der Waals surface area contributed by atoms with Crippen LogP contribution in [0.25, 0.3) is 0 Å². The average Bonchev–Trinajstić information content (AvgIpc) is 2.55. The summed E-state index contributed by atoms with van der Waals surface area (Å²) in [5.74, 6) is 0. The molecule has 1 spiro atoms. The minimum absolute atomic E-state index is 0.0368. The Morgan fingerprint density at radius 1 is 1.27 bits per heavy atom. The maximum Gasteiger partial charge on any atom is 0.145 e. The molecule has 0 radical (unpaired) electrons. The van der Waals surface area contributed by atoms with Gasteiger partial charge in [-0.05, 0) is 7.05 Å². The number of rotatable bonds is 0. The van der Waals surface area contributed by atoms with Crippen LogP contribution in [0.2, 0.25) is 0 Å². The number of likely N-dealkylation sites (tertiary alicyclic amines) is 1. The van der Waals surface area contributed by atoms with Gasteiger partial charge in [0.05, 0.1) is 5.71 Å². The molecular formula is C12H22N2O. The largest absolute Gasteiger partial charge is 0.389 e. The second-order valence-corrected chi connectivity index (χ2v) is 6.04. The van der Waals surface area contributed by atoms with Gasteiger partial charge in [0.25, 0.3) is 0 Å². The van der Waals surface area contributed by atoms with Gasteiger partial charge in [0.15, 0.2) is 0 Å². The highest BCUT2D eigenvalue weighted by Crippen LogP contribution is 2.38. The van der Waals surface area contributed by atoms with Gasteiger partial charge in [-0.3, -0.25) is 0 Å². The molecular weight excluding hydrogens is 188 g/mol. The van der Waals surface area contributed by atoms with Gasteiger partial charge in [0.2, 0.25) is 0 Å². The summed E-state index contributed by atoms with van der Waals surface area (Å²) in [6.45, 7) is 8.90. The van der Waals surface area contributed by atoms with Crippen LogP contribution in [0.4, 0.5) is 0 Å². The Morgan fingerprint density at radius 3 is 2.33 bits per heavy atom. The third kappa shape index (κ3) is 2.17. The van der Waals surface area contributed by atoms with Crippen LogP contribution in [0.3, 0.4) is 0 Å². The van der Waals surface area contributed by atoms with E-state index in [4.69, 9.17) is 4.84 Å². The smallest absolute Gasteiger partial charge is 0.145 e. The van der Waals surface area contributed by atoms with Gasteiger partial charge in [-0.1, -0.05) is 25.9 Å². The fraction of sp³-hybridized carbons (Fsp3) is 0.917. The summed E-state index contributed by atoms with van der Waals surface area (Å²) >= 11 is 0. The molecule has 2 aliphatic rings. The minimum atomic E-state index is 0.0368.